The molecule has 1 aliphatic heterocycles. The van der Waals surface area contributed by atoms with Gasteiger partial charge in [0, 0.05) is 0 Å². The maximum Gasteiger partial charge on any atom is 0.295 e. The van der Waals surface area contributed by atoms with Gasteiger partial charge in [0.15, 0.2) is 6.54 Å². The van der Waals surface area contributed by atoms with E-state index in [0.29, 0.717) is 36.8 Å². The highest BCUT2D eigenvalue weighted by Gasteiger charge is 2.31. The summed E-state index contributed by atoms with van der Waals surface area (Å²) < 4.78 is 32.2. The predicted octanol–water partition coefficient (Wildman–Crippen LogP) is -0.0641. The summed E-state index contributed by atoms with van der Waals surface area (Å²) in [5.41, 5.74) is 3.50. The fourth-order valence-electron chi connectivity index (χ4n) is 3.04. The fraction of sp³-hybridized carbons (Fsp3) is 0.368. The van der Waals surface area contributed by atoms with Crippen molar-refractivity contribution in [2.24, 2.45) is 5.10 Å². The van der Waals surface area contributed by atoms with Crippen molar-refractivity contribution in [3.8, 4) is 0 Å². The molecule has 1 aromatic carbocycles. The molecule has 0 unspecified atom stereocenters. The van der Waals surface area contributed by atoms with Crippen LogP contribution in [0.5, 0.6) is 0 Å². The van der Waals surface area contributed by atoms with Gasteiger partial charge in [-0.25, -0.2) is 13.8 Å². The van der Waals surface area contributed by atoms with Crippen LogP contribution in [0.2, 0.25) is 0 Å². The molecule has 0 bridgehead atoms. The number of benzene rings is 1. The molecule has 2 N–H and O–H groups in total. The maximum atomic E-state index is 12.7. The molecule has 1 fully saturated rings. The highest BCUT2D eigenvalue weighted by molar-refractivity contribution is 7.89. The molecule has 0 aliphatic carbocycles. The summed E-state index contributed by atoms with van der Waals surface area (Å²) in [5, 5.41) is 3.88. The molecule has 0 radical (unpaired) electrons. The quantitative estimate of drug-likeness (QED) is 0.520. The van der Waals surface area contributed by atoms with Crippen molar-refractivity contribution < 1.29 is 22.5 Å². The zero-order chi connectivity index (χ0) is 20.1. The summed E-state index contributed by atoms with van der Waals surface area (Å²) in [4.78, 5) is 13.4. The average molecular weight is 406 g/mol. The zero-order valence-electron chi connectivity index (χ0n) is 16.0. The van der Waals surface area contributed by atoms with Gasteiger partial charge in [0.2, 0.25) is 10.0 Å². The fourth-order valence-corrected chi connectivity index (χ4v) is 4.48. The summed E-state index contributed by atoms with van der Waals surface area (Å²) in [5.74, 6) is 1.13. The molecular weight excluding hydrogens is 380 g/mol. The van der Waals surface area contributed by atoms with Crippen molar-refractivity contribution in [2.45, 2.75) is 18.7 Å². The monoisotopic (exact) mass is 405 g/mol. The van der Waals surface area contributed by atoms with Gasteiger partial charge >= 0.3 is 0 Å². The second-order valence-corrected chi connectivity index (χ2v) is 8.82. The van der Waals surface area contributed by atoms with E-state index in [9.17, 15) is 13.2 Å². The number of hydrazone groups is 1. The molecule has 2 aromatic rings. The number of aryl methyl sites for hydroxylation is 2. The lowest BCUT2D eigenvalue weighted by molar-refractivity contribution is -0.895. The molecule has 28 heavy (non-hydrogen) atoms. The first kappa shape index (κ1) is 20.2. The van der Waals surface area contributed by atoms with Crippen LogP contribution < -0.4 is 10.3 Å². The van der Waals surface area contributed by atoms with Gasteiger partial charge in [-0.1, -0.05) is 17.7 Å². The Hall–Kier alpha value is -2.49. The van der Waals surface area contributed by atoms with Crippen LogP contribution >= 0.6 is 0 Å². The minimum absolute atomic E-state index is 0.218. The number of carbonyl (C=O) groups excluding carboxylic acids is 1. The summed E-state index contributed by atoms with van der Waals surface area (Å²) in [7, 11) is -3.49. The predicted molar refractivity (Wildman–Crippen MR) is 105 cm³/mol. The minimum Gasteiger partial charge on any atom is -0.460 e. The number of hydrogen-bond donors (Lipinski definition) is 2. The molecule has 0 saturated carbocycles. The van der Waals surface area contributed by atoms with E-state index in [1.54, 1.807) is 30.3 Å². The van der Waals surface area contributed by atoms with Crippen LogP contribution in [-0.2, 0) is 14.8 Å². The van der Waals surface area contributed by atoms with Gasteiger partial charge in [0.1, 0.15) is 11.5 Å². The number of sulfonamides is 1. The van der Waals surface area contributed by atoms with E-state index in [-0.39, 0.29) is 12.5 Å². The van der Waals surface area contributed by atoms with E-state index in [4.69, 9.17) is 4.42 Å². The molecule has 8 nitrogen and oxygen atoms in total. The lowest BCUT2D eigenvalue weighted by Crippen LogP contribution is -3.15. The molecule has 1 saturated heterocycles. The van der Waals surface area contributed by atoms with E-state index < -0.39 is 10.0 Å². The number of amides is 1. The summed E-state index contributed by atoms with van der Waals surface area (Å²) in [6.07, 6.45) is 1.45. The smallest absolute Gasteiger partial charge is 0.295 e. The number of quaternary nitrogens is 1. The van der Waals surface area contributed by atoms with Crippen LogP contribution in [0.25, 0.3) is 0 Å². The van der Waals surface area contributed by atoms with Gasteiger partial charge < -0.3 is 9.32 Å². The van der Waals surface area contributed by atoms with Crippen molar-refractivity contribution in [2.75, 3.05) is 32.7 Å². The Morgan fingerprint density at radius 2 is 1.86 bits per heavy atom. The molecule has 1 amide bonds. The number of furan rings is 1. The highest BCUT2D eigenvalue weighted by Crippen LogP contribution is 2.16. The van der Waals surface area contributed by atoms with Crippen molar-refractivity contribution in [3.63, 3.8) is 0 Å². The van der Waals surface area contributed by atoms with Crippen LogP contribution in [0.4, 0.5) is 0 Å². The van der Waals surface area contributed by atoms with Gasteiger partial charge in [-0.2, -0.15) is 9.41 Å². The molecule has 0 spiro atoms. The van der Waals surface area contributed by atoms with Gasteiger partial charge in [-0.3, -0.25) is 4.79 Å². The first-order valence-electron chi connectivity index (χ1n) is 9.13. The Bertz CT molecular complexity index is 943. The van der Waals surface area contributed by atoms with E-state index in [1.165, 1.54) is 10.5 Å². The molecule has 0 atom stereocenters. The van der Waals surface area contributed by atoms with Gasteiger partial charge in [0.25, 0.3) is 5.91 Å². The van der Waals surface area contributed by atoms with Crippen LogP contribution in [0.1, 0.15) is 17.1 Å². The minimum atomic E-state index is -3.49. The standard InChI is InChI=1S/C19H24N4O4S/c1-15-3-7-18(8-4-15)28(25,26)23-11-9-22(10-12-23)14-19(24)21-20-13-17-6-5-16(2)27-17/h3-8,13H,9-12,14H2,1-2H3,(H,21,24)/p+1/b20-13+. The van der Waals surface area contributed by atoms with E-state index in [0.717, 1.165) is 16.2 Å². The second kappa shape index (κ2) is 8.68. The number of piperazine rings is 1. The van der Waals surface area contributed by atoms with E-state index in [2.05, 4.69) is 10.5 Å². The zero-order valence-corrected chi connectivity index (χ0v) is 16.8. The van der Waals surface area contributed by atoms with Crippen molar-refractivity contribution in [3.05, 3.63) is 53.5 Å². The lowest BCUT2D eigenvalue weighted by Gasteiger charge is -2.31. The summed E-state index contributed by atoms with van der Waals surface area (Å²) in [6.45, 7) is 5.90. The Labute approximate surface area is 164 Å². The van der Waals surface area contributed by atoms with Gasteiger partial charge in [0.05, 0.1) is 37.3 Å². The first-order valence-corrected chi connectivity index (χ1v) is 10.6. The normalized spacial score (nSPS) is 16.5. The lowest BCUT2D eigenvalue weighted by atomic mass is 10.2. The van der Waals surface area contributed by atoms with Crippen molar-refractivity contribution >= 4 is 22.1 Å². The van der Waals surface area contributed by atoms with Crippen LogP contribution in [0.15, 0.2) is 50.8 Å². The number of carbonyl (C=O) groups is 1. The van der Waals surface area contributed by atoms with Crippen molar-refractivity contribution in [1.29, 1.82) is 0 Å². The van der Waals surface area contributed by atoms with Crippen LogP contribution in [0, 0.1) is 13.8 Å². The third-order valence-corrected chi connectivity index (χ3v) is 6.55. The summed E-state index contributed by atoms with van der Waals surface area (Å²) in [6, 6.07) is 10.4. The van der Waals surface area contributed by atoms with Crippen LogP contribution in [-0.4, -0.2) is 57.6 Å². The van der Waals surface area contributed by atoms with Crippen LogP contribution in [0.3, 0.4) is 0 Å². The third kappa shape index (κ3) is 5.06. The number of rotatable bonds is 6. The Morgan fingerprint density at radius 1 is 1.18 bits per heavy atom. The van der Waals surface area contributed by atoms with E-state index in [1.807, 2.05) is 19.9 Å². The molecule has 1 aromatic heterocycles. The molecule has 9 heteroatoms. The number of hydrogen-bond acceptors (Lipinski definition) is 5. The number of nitrogens with one attached hydrogen (secondary N) is 2. The Kier molecular flexibility index (Phi) is 6.28. The molecule has 3 rings (SSSR count). The molecule has 150 valence electrons. The molecular formula is C19H25N4O4S+. The Balaban J connectivity index is 1.47. The van der Waals surface area contributed by atoms with Gasteiger partial charge in [-0.15, -0.1) is 0 Å². The van der Waals surface area contributed by atoms with Gasteiger partial charge in [-0.05, 0) is 38.1 Å². The Morgan fingerprint density at radius 3 is 2.46 bits per heavy atom. The SMILES string of the molecule is Cc1ccc(S(=O)(=O)N2CC[NH+](CC(=O)N/N=C/c3ccc(C)o3)CC2)cc1. The third-order valence-electron chi connectivity index (χ3n) is 4.64. The second-order valence-electron chi connectivity index (χ2n) is 6.89. The average Bonchev–Trinajstić information content (AvgIpc) is 3.08. The van der Waals surface area contributed by atoms with Crippen molar-refractivity contribution in [1.82, 2.24) is 9.73 Å². The molecule has 2 heterocycles. The topological polar surface area (TPSA) is 96.4 Å². The molecule has 1 aliphatic rings. The summed E-state index contributed by atoms with van der Waals surface area (Å²) >= 11 is 0. The largest absolute Gasteiger partial charge is 0.460 e. The van der Waals surface area contributed by atoms with E-state index >= 15 is 0 Å². The highest BCUT2D eigenvalue weighted by atomic mass is 32.2. The number of nitrogens with zero attached hydrogens (tertiary/aromatic N) is 2. The first-order chi connectivity index (χ1) is 13.3. The maximum absolute atomic E-state index is 12.7.